The zero-order chi connectivity index (χ0) is 12.4. The van der Waals surface area contributed by atoms with Crippen molar-refractivity contribution < 1.29 is 9.90 Å². The molecule has 0 saturated carbocycles. The number of hydrogen-bond donors (Lipinski definition) is 2. The molecule has 5 nitrogen and oxygen atoms in total. The zero-order valence-corrected chi connectivity index (χ0v) is 9.84. The highest BCUT2D eigenvalue weighted by Crippen LogP contribution is 2.22. The number of aliphatic hydroxyl groups is 1. The molecule has 5 heteroatoms. The summed E-state index contributed by atoms with van der Waals surface area (Å²) in [6.45, 7) is 3.14. The van der Waals surface area contributed by atoms with Gasteiger partial charge in [0.1, 0.15) is 5.82 Å². The summed E-state index contributed by atoms with van der Waals surface area (Å²) in [5.74, 6) is 0.513. The van der Waals surface area contributed by atoms with E-state index in [9.17, 15) is 9.90 Å². The zero-order valence-electron chi connectivity index (χ0n) is 9.84. The van der Waals surface area contributed by atoms with Crippen LogP contribution in [0, 0.1) is 5.92 Å². The van der Waals surface area contributed by atoms with E-state index in [4.69, 9.17) is 5.73 Å². The van der Waals surface area contributed by atoms with E-state index in [0.717, 1.165) is 24.3 Å². The number of carbonyl (C=O) groups is 1. The van der Waals surface area contributed by atoms with Crippen LogP contribution in [0.3, 0.4) is 0 Å². The monoisotopic (exact) mass is 235 g/mol. The molecule has 1 aromatic heterocycles. The normalized spacial score (nSPS) is 21.5. The standard InChI is InChI=1S/C12H17N3O2/c1-8(16)9-2-3-11(14-6-9)15-5-4-10(7-15)12(13)17/h2-3,6,8,10,16H,4-5,7H2,1H3,(H2,13,17)/t8-,10?/m1/s1. The van der Waals surface area contributed by atoms with Gasteiger partial charge in [0.2, 0.25) is 5.91 Å². The molecule has 0 aromatic carbocycles. The summed E-state index contributed by atoms with van der Waals surface area (Å²) in [7, 11) is 0. The highest BCUT2D eigenvalue weighted by molar-refractivity contribution is 5.78. The number of carbonyl (C=O) groups excluding carboxylic acids is 1. The summed E-state index contributed by atoms with van der Waals surface area (Å²) in [5.41, 5.74) is 6.07. The predicted octanol–water partition coefficient (Wildman–Crippen LogP) is 0.446. The van der Waals surface area contributed by atoms with Crippen LogP contribution in [0.2, 0.25) is 0 Å². The maximum atomic E-state index is 11.1. The van der Waals surface area contributed by atoms with Crippen molar-refractivity contribution in [1.82, 2.24) is 4.98 Å². The molecule has 17 heavy (non-hydrogen) atoms. The van der Waals surface area contributed by atoms with Gasteiger partial charge in [0, 0.05) is 19.3 Å². The first-order valence-corrected chi connectivity index (χ1v) is 5.76. The number of anilines is 1. The van der Waals surface area contributed by atoms with Crippen LogP contribution in [0.5, 0.6) is 0 Å². The Bertz CT molecular complexity index is 403. The minimum atomic E-state index is -0.506. The lowest BCUT2D eigenvalue weighted by molar-refractivity contribution is -0.121. The Balaban J connectivity index is 2.06. The quantitative estimate of drug-likeness (QED) is 0.797. The lowest BCUT2D eigenvalue weighted by Gasteiger charge is -2.17. The third kappa shape index (κ3) is 2.55. The first-order chi connectivity index (χ1) is 8.08. The summed E-state index contributed by atoms with van der Waals surface area (Å²) in [4.78, 5) is 17.4. The van der Waals surface area contributed by atoms with Crippen molar-refractivity contribution >= 4 is 11.7 Å². The molecule has 92 valence electrons. The van der Waals surface area contributed by atoms with E-state index in [0.29, 0.717) is 6.54 Å². The van der Waals surface area contributed by atoms with Gasteiger partial charge in [-0.15, -0.1) is 0 Å². The molecule has 1 aliphatic heterocycles. The maximum absolute atomic E-state index is 11.1. The van der Waals surface area contributed by atoms with Crippen LogP contribution >= 0.6 is 0 Å². The molecule has 1 saturated heterocycles. The van der Waals surface area contributed by atoms with E-state index in [1.807, 2.05) is 17.0 Å². The third-order valence-electron chi connectivity index (χ3n) is 3.17. The van der Waals surface area contributed by atoms with Gasteiger partial charge in [-0.2, -0.15) is 0 Å². The molecule has 1 amide bonds. The summed E-state index contributed by atoms with van der Waals surface area (Å²) in [5, 5.41) is 9.38. The molecule has 0 aliphatic carbocycles. The van der Waals surface area contributed by atoms with Crippen molar-refractivity contribution in [3.05, 3.63) is 23.9 Å². The van der Waals surface area contributed by atoms with Crippen molar-refractivity contribution in [2.24, 2.45) is 11.7 Å². The number of primary amides is 1. The summed E-state index contributed by atoms with van der Waals surface area (Å²) < 4.78 is 0. The maximum Gasteiger partial charge on any atom is 0.222 e. The molecule has 0 radical (unpaired) electrons. The molecule has 1 aliphatic rings. The molecule has 3 N–H and O–H groups in total. The van der Waals surface area contributed by atoms with Gasteiger partial charge in [0.05, 0.1) is 12.0 Å². The lowest BCUT2D eigenvalue weighted by atomic mass is 10.1. The average molecular weight is 235 g/mol. The number of hydrogen-bond acceptors (Lipinski definition) is 4. The molecular weight excluding hydrogens is 218 g/mol. The third-order valence-corrected chi connectivity index (χ3v) is 3.17. The molecule has 1 unspecified atom stereocenters. The van der Waals surface area contributed by atoms with E-state index in [1.165, 1.54) is 0 Å². The minimum absolute atomic E-state index is 0.0757. The average Bonchev–Trinajstić information content (AvgIpc) is 2.78. The number of rotatable bonds is 3. The van der Waals surface area contributed by atoms with E-state index in [2.05, 4.69) is 4.98 Å². The van der Waals surface area contributed by atoms with Crippen molar-refractivity contribution in [2.75, 3.05) is 18.0 Å². The van der Waals surface area contributed by atoms with Crippen molar-refractivity contribution in [2.45, 2.75) is 19.4 Å². The van der Waals surface area contributed by atoms with Crippen LogP contribution in [0.25, 0.3) is 0 Å². The topological polar surface area (TPSA) is 79.5 Å². The van der Waals surface area contributed by atoms with Gasteiger partial charge in [0.25, 0.3) is 0 Å². The Morgan fingerprint density at radius 3 is 2.88 bits per heavy atom. The van der Waals surface area contributed by atoms with E-state index in [1.54, 1.807) is 13.1 Å². The second kappa shape index (κ2) is 4.71. The number of aromatic nitrogens is 1. The van der Waals surface area contributed by atoms with E-state index < -0.39 is 6.10 Å². The molecule has 1 fully saturated rings. The molecule has 0 bridgehead atoms. The number of aliphatic hydroxyl groups excluding tert-OH is 1. The Kier molecular flexibility index (Phi) is 3.28. The van der Waals surface area contributed by atoms with Gasteiger partial charge in [-0.3, -0.25) is 4.79 Å². The first-order valence-electron chi connectivity index (χ1n) is 5.76. The molecule has 2 rings (SSSR count). The van der Waals surface area contributed by atoms with Crippen LogP contribution in [0.1, 0.15) is 25.0 Å². The number of nitrogens with zero attached hydrogens (tertiary/aromatic N) is 2. The van der Waals surface area contributed by atoms with E-state index >= 15 is 0 Å². The van der Waals surface area contributed by atoms with Gasteiger partial charge in [-0.25, -0.2) is 4.98 Å². The largest absolute Gasteiger partial charge is 0.389 e. The molecule has 2 atom stereocenters. The number of pyridine rings is 1. The highest BCUT2D eigenvalue weighted by atomic mass is 16.3. The fourth-order valence-electron chi connectivity index (χ4n) is 2.03. The number of nitrogens with two attached hydrogens (primary N) is 1. The van der Waals surface area contributed by atoms with Crippen LogP contribution in [0.4, 0.5) is 5.82 Å². The molecular formula is C12H17N3O2. The Morgan fingerprint density at radius 1 is 1.65 bits per heavy atom. The fraction of sp³-hybridized carbons (Fsp3) is 0.500. The Hall–Kier alpha value is -1.62. The smallest absolute Gasteiger partial charge is 0.222 e. The summed E-state index contributed by atoms with van der Waals surface area (Å²) in [6, 6.07) is 3.72. The van der Waals surface area contributed by atoms with Crippen LogP contribution in [-0.2, 0) is 4.79 Å². The van der Waals surface area contributed by atoms with Crippen LogP contribution in [0.15, 0.2) is 18.3 Å². The lowest BCUT2D eigenvalue weighted by Crippen LogP contribution is -2.27. The Labute approximate surface area is 100 Å². The number of amides is 1. The van der Waals surface area contributed by atoms with Gasteiger partial charge in [-0.1, -0.05) is 6.07 Å². The van der Waals surface area contributed by atoms with Gasteiger partial charge in [0.15, 0.2) is 0 Å². The summed E-state index contributed by atoms with van der Waals surface area (Å²) >= 11 is 0. The second-order valence-corrected chi connectivity index (χ2v) is 4.46. The van der Waals surface area contributed by atoms with Crippen molar-refractivity contribution in [1.29, 1.82) is 0 Å². The molecule has 2 heterocycles. The van der Waals surface area contributed by atoms with Crippen molar-refractivity contribution in [3.8, 4) is 0 Å². The van der Waals surface area contributed by atoms with Crippen molar-refractivity contribution in [3.63, 3.8) is 0 Å². The predicted molar refractivity (Wildman–Crippen MR) is 64.4 cm³/mol. The molecule has 0 spiro atoms. The summed E-state index contributed by atoms with van der Waals surface area (Å²) in [6.07, 6.45) is 1.95. The first kappa shape index (κ1) is 11.9. The van der Waals surface area contributed by atoms with Crippen LogP contribution in [-0.4, -0.2) is 29.1 Å². The second-order valence-electron chi connectivity index (χ2n) is 4.46. The fourth-order valence-corrected chi connectivity index (χ4v) is 2.03. The van der Waals surface area contributed by atoms with Gasteiger partial charge in [-0.05, 0) is 25.0 Å². The SMILES string of the molecule is C[C@@H](O)c1ccc(N2CCC(C(N)=O)C2)nc1. The van der Waals surface area contributed by atoms with E-state index in [-0.39, 0.29) is 11.8 Å². The van der Waals surface area contributed by atoms with Gasteiger partial charge < -0.3 is 15.7 Å². The van der Waals surface area contributed by atoms with Gasteiger partial charge >= 0.3 is 0 Å². The highest BCUT2D eigenvalue weighted by Gasteiger charge is 2.27. The molecule has 1 aromatic rings. The van der Waals surface area contributed by atoms with Crippen LogP contribution < -0.4 is 10.6 Å². The minimum Gasteiger partial charge on any atom is -0.389 e. The Morgan fingerprint density at radius 2 is 2.41 bits per heavy atom.